The number of ether oxygens (including phenoxy) is 1. The van der Waals surface area contributed by atoms with Crippen LogP contribution < -0.4 is 5.32 Å². The van der Waals surface area contributed by atoms with Gasteiger partial charge in [0.15, 0.2) is 0 Å². The zero-order valence-corrected chi connectivity index (χ0v) is 10.5. The second kappa shape index (κ2) is 5.17. The van der Waals surface area contributed by atoms with Crippen molar-refractivity contribution in [3.63, 3.8) is 0 Å². The molecule has 0 saturated carbocycles. The van der Waals surface area contributed by atoms with E-state index in [1.807, 2.05) is 0 Å². The minimum Gasteiger partial charge on any atom is -0.465 e. The number of methoxy groups -OCH3 is 1. The number of alkyl halides is 2. The zero-order valence-electron chi connectivity index (χ0n) is 10.5. The van der Waals surface area contributed by atoms with E-state index < -0.39 is 28.1 Å². The smallest absolute Gasteiger partial charge is 0.337 e. The fourth-order valence-corrected chi connectivity index (χ4v) is 1.59. The number of nitro groups is 1. The number of carbonyl (C=O) groups excluding carboxylic acids is 1. The third kappa shape index (κ3) is 2.95. The number of carbonyl (C=O) groups is 1. The van der Waals surface area contributed by atoms with Gasteiger partial charge in [0.1, 0.15) is 11.3 Å². The number of rotatable bonds is 4. The van der Waals surface area contributed by atoms with Crippen LogP contribution in [-0.4, -0.2) is 25.1 Å². The summed E-state index contributed by atoms with van der Waals surface area (Å²) in [5, 5.41) is 13.3. The number of hydrogen-bond acceptors (Lipinski definition) is 5. The predicted octanol–water partition coefficient (Wildman–Crippen LogP) is 2.53. The van der Waals surface area contributed by atoms with Gasteiger partial charge < -0.3 is 10.1 Å². The predicted molar refractivity (Wildman–Crippen MR) is 63.6 cm³/mol. The molecule has 0 saturated heterocycles. The van der Waals surface area contributed by atoms with E-state index in [0.717, 1.165) is 19.2 Å². The Kier molecular flexibility index (Phi) is 4.03. The molecule has 0 radical (unpaired) electrons. The van der Waals surface area contributed by atoms with E-state index in [9.17, 15) is 23.7 Å². The van der Waals surface area contributed by atoms with E-state index in [1.54, 1.807) is 0 Å². The number of nitrogens with one attached hydrogen (secondary N) is 1. The van der Waals surface area contributed by atoms with E-state index in [4.69, 9.17) is 0 Å². The summed E-state index contributed by atoms with van der Waals surface area (Å²) in [4.78, 5) is 21.4. The molecule has 1 aromatic rings. The van der Waals surface area contributed by atoms with E-state index in [0.29, 0.717) is 6.92 Å². The van der Waals surface area contributed by atoms with Gasteiger partial charge >= 0.3 is 11.7 Å². The minimum absolute atomic E-state index is 0.176. The lowest BCUT2D eigenvalue weighted by atomic mass is 10.0. The van der Waals surface area contributed by atoms with Crippen molar-refractivity contribution in [3.8, 4) is 0 Å². The zero-order chi connectivity index (χ0) is 14.8. The van der Waals surface area contributed by atoms with Crippen LogP contribution in [0.4, 0.5) is 20.2 Å². The summed E-state index contributed by atoms with van der Waals surface area (Å²) in [6.45, 7) is 0.524. The number of benzene rings is 1. The number of anilines is 1. The molecule has 104 valence electrons. The molecule has 0 atom stereocenters. The fraction of sp³-hybridized carbons (Fsp3) is 0.364. The minimum atomic E-state index is -3.46. The molecule has 0 aromatic heterocycles. The molecule has 0 aliphatic heterocycles. The highest BCUT2D eigenvalue weighted by atomic mass is 19.3. The molecule has 0 unspecified atom stereocenters. The lowest BCUT2D eigenvalue weighted by Gasteiger charge is -2.15. The topological polar surface area (TPSA) is 81.5 Å². The number of nitro benzene ring substituents is 1. The summed E-state index contributed by atoms with van der Waals surface area (Å²) >= 11 is 0. The second-order valence-electron chi connectivity index (χ2n) is 3.81. The molecule has 8 heteroatoms. The highest BCUT2D eigenvalue weighted by Gasteiger charge is 2.36. The number of esters is 1. The molecular weight excluding hydrogens is 262 g/mol. The lowest BCUT2D eigenvalue weighted by molar-refractivity contribution is -0.386. The van der Waals surface area contributed by atoms with Gasteiger partial charge in [0.25, 0.3) is 5.92 Å². The molecule has 19 heavy (non-hydrogen) atoms. The molecule has 0 aliphatic carbocycles. The maximum Gasteiger partial charge on any atom is 0.337 e. The molecule has 1 N–H and O–H groups in total. The Hall–Kier alpha value is -2.25. The van der Waals surface area contributed by atoms with Gasteiger partial charge in [0, 0.05) is 14.0 Å². The van der Waals surface area contributed by atoms with Crippen molar-refractivity contribution in [1.29, 1.82) is 0 Å². The van der Waals surface area contributed by atoms with Crippen molar-refractivity contribution < 1.29 is 23.2 Å². The summed E-state index contributed by atoms with van der Waals surface area (Å²) < 4.78 is 31.3. The summed E-state index contributed by atoms with van der Waals surface area (Å²) in [6.07, 6.45) is 0. The van der Waals surface area contributed by atoms with Crippen LogP contribution in [0.2, 0.25) is 0 Å². The summed E-state index contributed by atoms with van der Waals surface area (Å²) in [7, 11) is 2.42. The van der Waals surface area contributed by atoms with Crippen LogP contribution in [0.25, 0.3) is 0 Å². The van der Waals surface area contributed by atoms with Crippen molar-refractivity contribution in [2.24, 2.45) is 0 Å². The Morgan fingerprint density at radius 1 is 1.47 bits per heavy atom. The number of halogens is 2. The molecule has 0 amide bonds. The molecule has 1 rings (SSSR count). The first-order chi connectivity index (χ1) is 8.72. The third-order valence-corrected chi connectivity index (χ3v) is 2.46. The first kappa shape index (κ1) is 14.8. The van der Waals surface area contributed by atoms with Gasteiger partial charge in [0.05, 0.1) is 17.6 Å². The molecule has 0 fully saturated rings. The lowest BCUT2D eigenvalue weighted by Crippen LogP contribution is -2.14. The van der Waals surface area contributed by atoms with Gasteiger partial charge in [-0.1, -0.05) is 0 Å². The standard InChI is InChI=1S/C11H12F2N2O4/c1-11(12,13)7-4-6(10(16)19-3)5-8(14-2)9(7)15(17)18/h4-5,14H,1-3H3. The highest BCUT2D eigenvalue weighted by Crippen LogP contribution is 2.39. The van der Waals surface area contributed by atoms with Gasteiger partial charge in [-0.2, -0.15) is 0 Å². The molecule has 0 aliphatic rings. The quantitative estimate of drug-likeness (QED) is 0.518. The van der Waals surface area contributed by atoms with Crippen LogP contribution in [0.1, 0.15) is 22.8 Å². The van der Waals surface area contributed by atoms with E-state index in [2.05, 4.69) is 10.1 Å². The molecule has 6 nitrogen and oxygen atoms in total. The summed E-state index contributed by atoms with van der Waals surface area (Å²) in [5.74, 6) is -4.31. The Morgan fingerprint density at radius 3 is 2.42 bits per heavy atom. The largest absolute Gasteiger partial charge is 0.465 e. The Labute approximate surface area is 107 Å². The molecular formula is C11H12F2N2O4. The molecule has 0 bridgehead atoms. The van der Waals surface area contributed by atoms with Crippen molar-refractivity contribution in [2.75, 3.05) is 19.5 Å². The Balaban J connectivity index is 3.64. The van der Waals surface area contributed by atoms with Gasteiger partial charge in [-0.25, -0.2) is 13.6 Å². The monoisotopic (exact) mass is 274 g/mol. The van der Waals surface area contributed by atoms with Gasteiger partial charge in [-0.15, -0.1) is 0 Å². The SMILES string of the molecule is CNc1cc(C(=O)OC)cc(C(C)(F)F)c1[N+](=O)[O-]. The van der Waals surface area contributed by atoms with Crippen LogP contribution in [0, 0.1) is 10.1 Å². The normalized spacial score (nSPS) is 11.0. The number of hydrogen-bond donors (Lipinski definition) is 1. The van der Waals surface area contributed by atoms with Gasteiger partial charge in [0.2, 0.25) is 0 Å². The van der Waals surface area contributed by atoms with Crippen LogP contribution in [0.15, 0.2) is 12.1 Å². The van der Waals surface area contributed by atoms with Crippen LogP contribution in [0.5, 0.6) is 0 Å². The van der Waals surface area contributed by atoms with Crippen LogP contribution >= 0.6 is 0 Å². The van der Waals surface area contributed by atoms with Crippen molar-refractivity contribution >= 4 is 17.3 Å². The average molecular weight is 274 g/mol. The average Bonchev–Trinajstić information content (AvgIpc) is 2.34. The van der Waals surface area contributed by atoms with Crippen LogP contribution in [-0.2, 0) is 10.7 Å². The van der Waals surface area contributed by atoms with E-state index >= 15 is 0 Å². The van der Waals surface area contributed by atoms with E-state index in [-0.39, 0.29) is 11.3 Å². The first-order valence-corrected chi connectivity index (χ1v) is 5.19. The maximum atomic E-state index is 13.5. The Bertz CT molecular complexity index is 526. The molecule has 0 heterocycles. The third-order valence-electron chi connectivity index (χ3n) is 2.46. The molecule has 0 spiro atoms. The summed E-state index contributed by atoms with van der Waals surface area (Å²) in [5.41, 5.74) is -1.97. The molecule has 1 aromatic carbocycles. The maximum absolute atomic E-state index is 13.5. The summed E-state index contributed by atoms with van der Waals surface area (Å²) in [6, 6.07) is 1.87. The highest BCUT2D eigenvalue weighted by molar-refractivity contribution is 5.92. The van der Waals surface area contributed by atoms with Gasteiger partial charge in [-0.05, 0) is 12.1 Å². The van der Waals surface area contributed by atoms with Crippen molar-refractivity contribution in [2.45, 2.75) is 12.8 Å². The fourth-order valence-electron chi connectivity index (χ4n) is 1.59. The second-order valence-corrected chi connectivity index (χ2v) is 3.81. The number of nitrogens with zero attached hydrogens (tertiary/aromatic N) is 1. The van der Waals surface area contributed by atoms with E-state index in [1.165, 1.54) is 7.05 Å². The van der Waals surface area contributed by atoms with Crippen molar-refractivity contribution in [1.82, 2.24) is 0 Å². The van der Waals surface area contributed by atoms with Crippen molar-refractivity contribution in [3.05, 3.63) is 33.4 Å². The van der Waals surface area contributed by atoms with Gasteiger partial charge in [-0.3, -0.25) is 10.1 Å². The Morgan fingerprint density at radius 2 is 2.05 bits per heavy atom. The van der Waals surface area contributed by atoms with Crippen LogP contribution in [0.3, 0.4) is 0 Å². The first-order valence-electron chi connectivity index (χ1n) is 5.19.